The van der Waals surface area contributed by atoms with E-state index in [0.29, 0.717) is 22.5 Å². The molecule has 5 rings (SSSR count). The van der Waals surface area contributed by atoms with E-state index in [1.165, 1.54) is 12.1 Å². The quantitative estimate of drug-likeness (QED) is 0.327. The average Bonchev–Trinajstić information content (AvgIpc) is 3.27. The van der Waals surface area contributed by atoms with Gasteiger partial charge in [0.05, 0.1) is 9.82 Å². The number of fused-ring (bicyclic) bond motifs is 1. The highest BCUT2D eigenvalue weighted by Crippen LogP contribution is 2.39. The van der Waals surface area contributed by atoms with Crippen LogP contribution in [0.1, 0.15) is 22.3 Å². The van der Waals surface area contributed by atoms with Gasteiger partial charge in [0.25, 0.3) is 5.69 Å². The molecule has 34 heavy (non-hydrogen) atoms. The number of nitro benzene ring substituents is 1. The standard InChI is InChI=1S/C23H17N5O5S/c24-21(29)14-10-11-20(16(12-14)28(30)31)34-23-26-25-22(27(23)15-6-2-1-3-7-15)19-13-32-17-8-4-5-9-18(17)33-19/h1-12,19H,13H2,(H2,24,29)/t19-/m0/s1. The maximum atomic E-state index is 11.7. The Kier molecular flexibility index (Phi) is 5.60. The van der Waals surface area contributed by atoms with Crippen molar-refractivity contribution in [2.24, 2.45) is 5.73 Å². The molecule has 1 aliphatic heterocycles. The van der Waals surface area contributed by atoms with Crippen LogP contribution in [0.3, 0.4) is 0 Å². The summed E-state index contributed by atoms with van der Waals surface area (Å²) >= 11 is 1.05. The number of nitro groups is 1. The van der Waals surface area contributed by atoms with E-state index in [1.54, 1.807) is 4.57 Å². The number of aromatic nitrogens is 3. The van der Waals surface area contributed by atoms with E-state index in [0.717, 1.165) is 23.5 Å². The molecule has 0 bridgehead atoms. The number of primary amides is 1. The van der Waals surface area contributed by atoms with Crippen LogP contribution in [-0.4, -0.2) is 32.2 Å². The zero-order valence-corrected chi connectivity index (χ0v) is 18.3. The smallest absolute Gasteiger partial charge is 0.284 e. The van der Waals surface area contributed by atoms with Crippen molar-refractivity contribution in [2.75, 3.05) is 6.61 Å². The molecule has 10 nitrogen and oxygen atoms in total. The van der Waals surface area contributed by atoms with Crippen molar-refractivity contribution in [1.82, 2.24) is 14.8 Å². The van der Waals surface area contributed by atoms with Crippen LogP contribution in [0, 0.1) is 10.1 Å². The Bertz CT molecular complexity index is 1390. The molecule has 0 aliphatic carbocycles. The summed E-state index contributed by atoms with van der Waals surface area (Å²) in [7, 11) is 0. The first kappa shape index (κ1) is 21.5. The normalized spacial score (nSPS) is 14.5. The Morgan fingerprint density at radius 3 is 2.53 bits per heavy atom. The summed E-state index contributed by atoms with van der Waals surface area (Å²) in [6.45, 7) is 0.222. The van der Waals surface area contributed by atoms with Gasteiger partial charge in [-0.15, -0.1) is 10.2 Å². The van der Waals surface area contributed by atoms with Crippen LogP contribution in [0.4, 0.5) is 5.69 Å². The highest BCUT2D eigenvalue weighted by Gasteiger charge is 2.30. The lowest BCUT2D eigenvalue weighted by atomic mass is 10.2. The van der Waals surface area contributed by atoms with Crippen LogP contribution < -0.4 is 15.2 Å². The van der Waals surface area contributed by atoms with Gasteiger partial charge in [-0.05, 0) is 48.2 Å². The number of nitrogens with two attached hydrogens (primary N) is 1. The minimum atomic E-state index is -0.746. The number of rotatable bonds is 6. The molecular formula is C23H17N5O5S. The van der Waals surface area contributed by atoms with Gasteiger partial charge in [0.1, 0.15) is 6.61 Å². The number of benzene rings is 3. The van der Waals surface area contributed by atoms with Gasteiger partial charge in [-0.25, -0.2) is 0 Å². The topological polar surface area (TPSA) is 135 Å². The molecule has 1 aliphatic rings. The summed E-state index contributed by atoms with van der Waals surface area (Å²) in [6, 6.07) is 20.8. The minimum Gasteiger partial charge on any atom is -0.485 e. The molecular weight excluding hydrogens is 458 g/mol. The Hall–Kier alpha value is -4.38. The zero-order chi connectivity index (χ0) is 23.7. The number of carbonyl (C=O) groups is 1. The molecule has 11 heteroatoms. The van der Waals surface area contributed by atoms with Gasteiger partial charge in [-0.3, -0.25) is 19.5 Å². The van der Waals surface area contributed by atoms with Crippen LogP contribution in [-0.2, 0) is 0 Å². The molecule has 1 amide bonds. The van der Waals surface area contributed by atoms with E-state index in [2.05, 4.69) is 10.2 Å². The minimum absolute atomic E-state index is 0.0488. The fourth-order valence-electron chi connectivity index (χ4n) is 3.52. The zero-order valence-electron chi connectivity index (χ0n) is 17.5. The van der Waals surface area contributed by atoms with Crippen molar-refractivity contribution in [2.45, 2.75) is 16.2 Å². The second-order valence-electron chi connectivity index (χ2n) is 7.28. The fraction of sp³-hybridized carbons (Fsp3) is 0.0870. The molecule has 2 N–H and O–H groups in total. The number of hydrogen-bond donors (Lipinski definition) is 1. The molecule has 170 valence electrons. The predicted molar refractivity (Wildman–Crippen MR) is 122 cm³/mol. The van der Waals surface area contributed by atoms with Gasteiger partial charge in [-0.1, -0.05) is 30.3 Å². The van der Waals surface area contributed by atoms with Crippen LogP contribution >= 0.6 is 11.8 Å². The monoisotopic (exact) mass is 475 g/mol. The molecule has 3 aromatic carbocycles. The Morgan fingerprint density at radius 2 is 1.79 bits per heavy atom. The van der Waals surface area contributed by atoms with Crippen molar-refractivity contribution in [3.8, 4) is 17.2 Å². The summed E-state index contributed by atoms with van der Waals surface area (Å²) in [4.78, 5) is 22.9. The first-order valence-electron chi connectivity index (χ1n) is 10.2. The fourth-order valence-corrected chi connectivity index (χ4v) is 4.46. The average molecular weight is 475 g/mol. The van der Waals surface area contributed by atoms with E-state index in [-0.39, 0.29) is 22.8 Å². The highest BCUT2D eigenvalue weighted by atomic mass is 32.2. The Labute approximate surface area is 197 Å². The van der Waals surface area contributed by atoms with Crippen molar-refractivity contribution in [3.05, 3.63) is 94.3 Å². The lowest BCUT2D eigenvalue weighted by Gasteiger charge is -2.26. The van der Waals surface area contributed by atoms with Crippen molar-refractivity contribution < 1.29 is 19.2 Å². The van der Waals surface area contributed by atoms with Crippen LogP contribution in [0.25, 0.3) is 5.69 Å². The Morgan fingerprint density at radius 1 is 1.06 bits per heavy atom. The van der Waals surface area contributed by atoms with Gasteiger partial charge >= 0.3 is 0 Å². The molecule has 1 atom stereocenters. The second kappa shape index (κ2) is 8.87. The van der Waals surface area contributed by atoms with E-state index < -0.39 is 16.9 Å². The second-order valence-corrected chi connectivity index (χ2v) is 8.29. The maximum absolute atomic E-state index is 11.7. The first-order valence-corrected chi connectivity index (χ1v) is 11.0. The lowest BCUT2D eigenvalue weighted by Crippen LogP contribution is -2.24. The van der Waals surface area contributed by atoms with Crippen LogP contribution in [0.5, 0.6) is 11.5 Å². The molecule has 0 radical (unpaired) electrons. The van der Waals surface area contributed by atoms with Crippen molar-refractivity contribution in [3.63, 3.8) is 0 Å². The molecule has 0 saturated heterocycles. The number of carbonyl (C=O) groups excluding carboxylic acids is 1. The molecule has 1 aromatic heterocycles. The predicted octanol–water partition coefficient (Wildman–Crippen LogP) is 3.94. The Balaban J connectivity index is 1.57. The first-order chi connectivity index (χ1) is 16.5. The third kappa shape index (κ3) is 4.04. The van der Waals surface area contributed by atoms with E-state index in [4.69, 9.17) is 15.2 Å². The van der Waals surface area contributed by atoms with E-state index >= 15 is 0 Å². The van der Waals surface area contributed by atoms with Gasteiger partial charge < -0.3 is 15.2 Å². The molecule has 0 saturated carbocycles. The third-order valence-electron chi connectivity index (χ3n) is 5.11. The number of para-hydroxylation sites is 3. The highest BCUT2D eigenvalue weighted by molar-refractivity contribution is 7.99. The number of ether oxygens (including phenoxy) is 2. The summed E-state index contributed by atoms with van der Waals surface area (Å²) in [5.74, 6) is 0.973. The molecule has 0 unspecified atom stereocenters. The SMILES string of the molecule is NC(=O)c1ccc(Sc2nnc([C@@H]3COc4ccccc4O3)n2-c2ccccc2)c([N+](=O)[O-])c1. The van der Waals surface area contributed by atoms with E-state index in [9.17, 15) is 14.9 Å². The van der Waals surface area contributed by atoms with E-state index in [1.807, 2.05) is 54.6 Å². The number of hydrogen-bond acceptors (Lipinski definition) is 8. The van der Waals surface area contributed by atoms with Crippen LogP contribution in [0.2, 0.25) is 0 Å². The van der Waals surface area contributed by atoms with Gasteiger partial charge in [-0.2, -0.15) is 0 Å². The maximum Gasteiger partial charge on any atom is 0.284 e. The van der Waals surface area contributed by atoms with Crippen molar-refractivity contribution >= 4 is 23.4 Å². The molecule has 0 spiro atoms. The summed E-state index contributed by atoms with van der Waals surface area (Å²) < 4.78 is 13.8. The lowest BCUT2D eigenvalue weighted by molar-refractivity contribution is -0.387. The number of nitrogens with zero attached hydrogens (tertiary/aromatic N) is 4. The molecule has 0 fully saturated rings. The molecule has 2 heterocycles. The van der Waals surface area contributed by atoms with Gasteiger partial charge in [0.2, 0.25) is 11.1 Å². The molecule has 4 aromatic rings. The summed E-state index contributed by atoms with van der Waals surface area (Å²) in [6.07, 6.45) is -0.552. The van der Waals surface area contributed by atoms with Gasteiger partial charge in [0, 0.05) is 17.3 Å². The number of amides is 1. The van der Waals surface area contributed by atoms with Crippen LogP contribution in [0.15, 0.2) is 82.8 Å². The largest absolute Gasteiger partial charge is 0.485 e. The summed E-state index contributed by atoms with van der Waals surface area (Å²) in [5, 5.41) is 20.7. The third-order valence-corrected chi connectivity index (χ3v) is 6.12. The van der Waals surface area contributed by atoms with Gasteiger partial charge in [0.15, 0.2) is 23.4 Å². The van der Waals surface area contributed by atoms with Crippen molar-refractivity contribution in [1.29, 1.82) is 0 Å². The summed E-state index contributed by atoms with van der Waals surface area (Å²) in [5.41, 5.74) is 5.83.